The van der Waals surface area contributed by atoms with E-state index in [0.717, 1.165) is 51.7 Å². The highest BCUT2D eigenvalue weighted by atomic mass is 35.5. The third-order valence-electron chi connectivity index (χ3n) is 7.53. The van der Waals surface area contributed by atoms with Crippen molar-refractivity contribution in [2.45, 2.75) is 94.4 Å². The number of hydrogen-bond donors (Lipinski definition) is 3. The Morgan fingerprint density at radius 1 is 1.04 bits per heavy atom. The molecule has 0 bridgehead atoms. The van der Waals surface area contributed by atoms with E-state index in [4.69, 9.17) is 11.6 Å². The number of alkyl halides is 1. The number of nitrogens with one attached hydrogen (secondary N) is 3. The lowest BCUT2D eigenvalue weighted by atomic mass is 9.86. The first-order chi connectivity index (χ1) is 13.1. The lowest BCUT2D eigenvalue weighted by Crippen LogP contribution is -2.67. The van der Waals surface area contributed by atoms with Crippen LogP contribution in [-0.2, 0) is 4.79 Å². The molecule has 2 saturated heterocycles. The van der Waals surface area contributed by atoms with Gasteiger partial charge in [-0.05, 0) is 50.9 Å². The second kappa shape index (κ2) is 8.98. The highest BCUT2D eigenvalue weighted by Crippen LogP contribution is 2.29. The van der Waals surface area contributed by atoms with Gasteiger partial charge in [0.2, 0.25) is 5.91 Å². The van der Waals surface area contributed by atoms with Gasteiger partial charge in [-0.1, -0.05) is 19.8 Å². The van der Waals surface area contributed by atoms with Crippen molar-refractivity contribution in [2.24, 2.45) is 11.8 Å². The quantitative estimate of drug-likeness (QED) is 0.641. The number of nitrogens with zero attached hydrogens (tertiary/aromatic N) is 1. The van der Waals surface area contributed by atoms with Crippen LogP contribution in [0, 0.1) is 11.8 Å². The number of rotatable bonds is 3. The van der Waals surface area contributed by atoms with Crippen molar-refractivity contribution in [1.82, 2.24) is 20.9 Å². The second-order valence-corrected chi connectivity index (χ2v) is 9.97. The maximum Gasteiger partial charge on any atom is 0.223 e. The van der Waals surface area contributed by atoms with Crippen LogP contribution in [0.3, 0.4) is 0 Å². The zero-order valence-electron chi connectivity index (χ0n) is 16.8. The number of likely N-dealkylation sites (tertiary alicyclic amines) is 1. The number of piperazine rings is 1. The predicted octanol–water partition coefficient (Wildman–Crippen LogP) is 2.44. The van der Waals surface area contributed by atoms with Crippen LogP contribution in [0.1, 0.15) is 64.7 Å². The summed E-state index contributed by atoms with van der Waals surface area (Å²) < 4.78 is 0. The summed E-state index contributed by atoms with van der Waals surface area (Å²) in [7, 11) is 0. The van der Waals surface area contributed by atoms with Gasteiger partial charge in [0.15, 0.2) is 0 Å². The van der Waals surface area contributed by atoms with Crippen LogP contribution in [0.2, 0.25) is 0 Å². The summed E-state index contributed by atoms with van der Waals surface area (Å²) in [5, 5.41) is 11.2. The van der Waals surface area contributed by atoms with Gasteiger partial charge in [-0.15, -0.1) is 11.6 Å². The molecule has 4 aliphatic rings. The Morgan fingerprint density at radius 3 is 2.52 bits per heavy atom. The highest BCUT2D eigenvalue weighted by molar-refractivity contribution is 6.20. The van der Waals surface area contributed by atoms with Gasteiger partial charge in [-0.25, -0.2) is 0 Å². The first-order valence-electron chi connectivity index (χ1n) is 11.3. The molecule has 2 aliphatic heterocycles. The Labute approximate surface area is 169 Å². The van der Waals surface area contributed by atoms with E-state index >= 15 is 0 Å². The minimum atomic E-state index is 0.174. The average molecular weight is 397 g/mol. The summed E-state index contributed by atoms with van der Waals surface area (Å²) >= 11 is 6.41. The van der Waals surface area contributed by atoms with Crippen molar-refractivity contribution >= 4 is 17.5 Å². The van der Waals surface area contributed by atoms with E-state index < -0.39 is 0 Å². The maximum absolute atomic E-state index is 12.7. The van der Waals surface area contributed by atoms with Crippen LogP contribution in [0.15, 0.2) is 0 Å². The number of piperidine rings is 1. The molecular formula is C21H37ClN4O. The van der Waals surface area contributed by atoms with Gasteiger partial charge in [0.25, 0.3) is 0 Å². The van der Waals surface area contributed by atoms with E-state index in [1.807, 2.05) is 0 Å². The Bertz CT molecular complexity index is 510. The van der Waals surface area contributed by atoms with Crippen molar-refractivity contribution in [1.29, 1.82) is 0 Å². The first-order valence-corrected chi connectivity index (χ1v) is 11.7. The van der Waals surface area contributed by atoms with Crippen LogP contribution >= 0.6 is 11.6 Å². The molecule has 0 aromatic heterocycles. The molecule has 0 aromatic carbocycles. The number of carbonyl (C=O) groups is 1. The van der Waals surface area contributed by atoms with E-state index in [1.54, 1.807) is 0 Å². The molecule has 0 spiro atoms. The normalized spacial score (nSPS) is 41.7. The molecule has 154 valence electrons. The number of hydrogen-bond acceptors (Lipinski definition) is 4. The van der Waals surface area contributed by atoms with Crippen LogP contribution < -0.4 is 16.0 Å². The fourth-order valence-corrected chi connectivity index (χ4v) is 5.91. The zero-order chi connectivity index (χ0) is 18.8. The van der Waals surface area contributed by atoms with Crippen LogP contribution in [0.4, 0.5) is 0 Å². The first kappa shape index (κ1) is 19.9. The Balaban J connectivity index is 1.21. The lowest BCUT2D eigenvalue weighted by Gasteiger charge is -2.46. The maximum atomic E-state index is 12.7. The number of amides is 1. The van der Waals surface area contributed by atoms with Gasteiger partial charge in [0.1, 0.15) is 0 Å². The fourth-order valence-electron chi connectivity index (χ4n) is 5.57. The Hall–Kier alpha value is -0.360. The van der Waals surface area contributed by atoms with Crippen LogP contribution in [0.25, 0.3) is 0 Å². The highest BCUT2D eigenvalue weighted by Gasteiger charge is 2.36. The van der Waals surface area contributed by atoms with Crippen LogP contribution in [0.5, 0.6) is 0 Å². The van der Waals surface area contributed by atoms with E-state index in [2.05, 4.69) is 27.8 Å². The SMILES string of the molecule is CC1CCC(NC(=O)C2CCN(C3CNC4CCCCC4N3)CC2)CC1Cl. The smallest absolute Gasteiger partial charge is 0.223 e. The molecule has 3 N–H and O–H groups in total. The van der Waals surface area contributed by atoms with Crippen molar-refractivity contribution in [3.63, 3.8) is 0 Å². The second-order valence-electron chi connectivity index (χ2n) is 9.41. The molecule has 2 saturated carbocycles. The summed E-state index contributed by atoms with van der Waals surface area (Å²) in [6, 6.07) is 1.58. The minimum Gasteiger partial charge on any atom is -0.353 e. The average Bonchev–Trinajstić information content (AvgIpc) is 2.70. The molecule has 6 unspecified atom stereocenters. The van der Waals surface area contributed by atoms with Crippen molar-refractivity contribution in [3.05, 3.63) is 0 Å². The third-order valence-corrected chi connectivity index (χ3v) is 8.14. The van der Waals surface area contributed by atoms with Crippen molar-refractivity contribution in [2.75, 3.05) is 19.6 Å². The molecule has 1 amide bonds. The molecule has 0 radical (unpaired) electrons. The Kier molecular flexibility index (Phi) is 6.63. The van der Waals surface area contributed by atoms with Gasteiger partial charge in [-0.3, -0.25) is 15.0 Å². The number of halogens is 1. The molecule has 6 atom stereocenters. The monoisotopic (exact) mass is 396 g/mol. The fraction of sp³-hybridized carbons (Fsp3) is 0.952. The summed E-state index contributed by atoms with van der Waals surface area (Å²) in [6.07, 6.45) is 10.9. The predicted molar refractivity (Wildman–Crippen MR) is 110 cm³/mol. The number of carbonyl (C=O) groups excluding carboxylic acids is 1. The largest absolute Gasteiger partial charge is 0.353 e. The molecular weight excluding hydrogens is 360 g/mol. The summed E-state index contributed by atoms with van der Waals surface area (Å²) in [6.45, 7) is 5.30. The lowest BCUT2D eigenvalue weighted by molar-refractivity contribution is -0.127. The molecule has 0 aromatic rings. The van der Waals surface area contributed by atoms with E-state index in [9.17, 15) is 4.79 Å². The standard InChI is InChI=1S/C21H37ClN4O/c1-14-6-7-16(12-17(14)22)24-21(27)15-8-10-26(11-9-15)20-13-23-18-4-2-3-5-19(18)25-20/h14-20,23,25H,2-13H2,1H3,(H,24,27). The molecule has 2 aliphatic carbocycles. The molecule has 6 heteroatoms. The summed E-state index contributed by atoms with van der Waals surface area (Å²) in [4.78, 5) is 15.3. The van der Waals surface area contributed by atoms with Gasteiger partial charge in [0.05, 0.1) is 6.17 Å². The van der Waals surface area contributed by atoms with Gasteiger partial charge in [0, 0.05) is 49.1 Å². The van der Waals surface area contributed by atoms with Gasteiger partial charge in [-0.2, -0.15) is 0 Å². The minimum absolute atomic E-state index is 0.174. The van der Waals surface area contributed by atoms with E-state index in [-0.39, 0.29) is 23.2 Å². The molecule has 5 nitrogen and oxygen atoms in total. The van der Waals surface area contributed by atoms with E-state index in [1.165, 1.54) is 25.7 Å². The van der Waals surface area contributed by atoms with Gasteiger partial charge < -0.3 is 10.6 Å². The van der Waals surface area contributed by atoms with Gasteiger partial charge >= 0.3 is 0 Å². The van der Waals surface area contributed by atoms with Crippen LogP contribution in [-0.4, -0.2) is 60.1 Å². The number of fused-ring (bicyclic) bond motifs is 1. The summed E-state index contributed by atoms with van der Waals surface area (Å²) in [5.41, 5.74) is 0. The third kappa shape index (κ3) is 4.80. The Morgan fingerprint density at radius 2 is 1.78 bits per heavy atom. The summed E-state index contributed by atoms with van der Waals surface area (Å²) in [5.74, 6) is 1.01. The van der Waals surface area contributed by atoms with Crippen molar-refractivity contribution in [3.8, 4) is 0 Å². The molecule has 2 heterocycles. The zero-order valence-corrected chi connectivity index (χ0v) is 17.5. The topological polar surface area (TPSA) is 56.4 Å². The molecule has 4 rings (SSSR count). The molecule has 4 fully saturated rings. The van der Waals surface area contributed by atoms with E-state index in [0.29, 0.717) is 24.2 Å². The molecule has 27 heavy (non-hydrogen) atoms. The van der Waals surface area contributed by atoms with Crippen molar-refractivity contribution < 1.29 is 4.79 Å².